The summed E-state index contributed by atoms with van der Waals surface area (Å²) in [5.41, 5.74) is 3.36. The fourth-order valence-corrected chi connectivity index (χ4v) is 5.39. The first-order valence-corrected chi connectivity index (χ1v) is 10.9. The number of hydrogen-bond acceptors (Lipinski definition) is 7. The molecule has 1 N–H and O–H groups in total. The second-order valence-electron chi connectivity index (χ2n) is 8.84. The van der Waals surface area contributed by atoms with Gasteiger partial charge in [-0.25, -0.2) is 4.68 Å². The zero-order valence-electron chi connectivity index (χ0n) is 17.4. The lowest BCUT2D eigenvalue weighted by atomic mass is 9.73. The van der Waals surface area contributed by atoms with Gasteiger partial charge in [0.25, 0.3) is 5.69 Å². The summed E-state index contributed by atoms with van der Waals surface area (Å²) in [6.07, 6.45) is 1.25. The Balaban J connectivity index is 1.64. The SMILES string of the molecule is Cc1ccsc1C1C2=C(CC(C)(C)CC2=O)Nc2nc(-c3ccc([N+](=O)[O-])cc3)nn21. The van der Waals surface area contributed by atoms with Crippen molar-refractivity contribution >= 4 is 28.8 Å². The fraction of sp³-hybridized carbons (Fsp3) is 0.318. The average molecular weight is 436 g/mol. The molecule has 1 aromatic carbocycles. The molecule has 0 saturated carbocycles. The van der Waals surface area contributed by atoms with Crippen LogP contribution in [0.25, 0.3) is 11.4 Å². The topological polar surface area (TPSA) is 103 Å². The van der Waals surface area contributed by atoms with E-state index in [0.717, 1.165) is 28.1 Å². The van der Waals surface area contributed by atoms with E-state index in [2.05, 4.69) is 24.1 Å². The highest BCUT2D eigenvalue weighted by Crippen LogP contribution is 2.47. The van der Waals surface area contributed by atoms with Crippen LogP contribution in [0.4, 0.5) is 11.6 Å². The quantitative estimate of drug-likeness (QED) is 0.464. The molecule has 3 aromatic rings. The van der Waals surface area contributed by atoms with Crippen molar-refractivity contribution in [2.24, 2.45) is 5.41 Å². The summed E-state index contributed by atoms with van der Waals surface area (Å²) in [6, 6.07) is 7.90. The van der Waals surface area contributed by atoms with E-state index >= 15 is 0 Å². The number of rotatable bonds is 3. The molecule has 0 bridgehead atoms. The molecular weight excluding hydrogens is 414 g/mol. The summed E-state index contributed by atoms with van der Waals surface area (Å²) in [7, 11) is 0. The van der Waals surface area contributed by atoms with Gasteiger partial charge in [-0.2, -0.15) is 4.98 Å². The van der Waals surface area contributed by atoms with Gasteiger partial charge in [-0.15, -0.1) is 16.4 Å². The minimum absolute atomic E-state index is 0.0166. The summed E-state index contributed by atoms with van der Waals surface area (Å²) in [5, 5.41) is 21.1. The van der Waals surface area contributed by atoms with Crippen LogP contribution in [0.15, 0.2) is 47.0 Å². The van der Waals surface area contributed by atoms with Gasteiger partial charge < -0.3 is 5.32 Å². The summed E-state index contributed by atoms with van der Waals surface area (Å²) in [4.78, 5) is 29.5. The Morgan fingerprint density at radius 2 is 1.97 bits per heavy atom. The Morgan fingerprint density at radius 3 is 2.61 bits per heavy atom. The minimum Gasteiger partial charge on any atom is -0.328 e. The number of carbonyl (C=O) groups excluding carboxylic acids is 1. The molecule has 1 aliphatic heterocycles. The first-order chi connectivity index (χ1) is 14.7. The van der Waals surface area contributed by atoms with Gasteiger partial charge in [0.2, 0.25) is 5.95 Å². The van der Waals surface area contributed by atoms with Crippen LogP contribution in [0, 0.1) is 22.5 Å². The predicted molar refractivity (Wildman–Crippen MR) is 118 cm³/mol. The van der Waals surface area contributed by atoms with E-state index in [4.69, 9.17) is 5.10 Å². The third-order valence-electron chi connectivity index (χ3n) is 5.82. The first-order valence-electron chi connectivity index (χ1n) is 10.0. The number of non-ortho nitro benzene ring substituents is 1. The number of hydrogen-bond donors (Lipinski definition) is 1. The van der Waals surface area contributed by atoms with Gasteiger partial charge in [-0.3, -0.25) is 14.9 Å². The molecule has 3 heterocycles. The van der Waals surface area contributed by atoms with E-state index < -0.39 is 4.92 Å². The average Bonchev–Trinajstić information content (AvgIpc) is 3.31. The normalized spacial score (nSPS) is 19.6. The molecule has 158 valence electrons. The van der Waals surface area contributed by atoms with Gasteiger partial charge in [0.05, 0.1) is 4.92 Å². The summed E-state index contributed by atoms with van der Waals surface area (Å²) >= 11 is 1.61. The van der Waals surface area contributed by atoms with Crippen LogP contribution in [0.5, 0.6) is 0 Å². The molecule has 0 spiro atoms. The first kappa shape index (κ1) is 19.6. The number of nitro benzene ring substituents is 1. The van der Waals surface area contributed by atoms with Crippen LogP contribution in [0.2, 0.25) is 0 Å². The highest BCUT2D eigenvalue weighted by atomic mass is 32.1. The van der Waals surface area contributed by atoms with E-state index in [1.165, 1.54) is 12.1 Å². The molecule has 0 saturated heterocycles. The molecular formula is C22H21N5O3S. The van der Waals surface area contributed by atoms with Gasteiger partial charge in [0.1, 0.15) is 6.04 Å². The van der Waals surface area contributed by atoms with E-state index in [-0.39, 0.29) is 22.9 Å². The highest BCUT2D eigenvalue weighted by Gasteiger charge is 2.42. The molecule has 2 aliphatic rings. The maximum atomic E-state index is 13.2. The summed E-state index contributed by atoms with van der Waals surface area (Å²) in [6.45, 7) is 6.24. The molecule has 31 heavy (non-hydrogen) atoms. The van der Waals surface area contributed by atoms with E-state index in [1.807, 2.05) is 18.4 Å². The van der Waals surface area contributed by atoms with Crippen LogP contribution in [-0.4, -0.2) is 25.5 Å². The molecule has 9 heteroatoms. The van der Waals surface area contributed by atoms with E-state index in [0.29, 0.717) is 23.8 Å². The van der Waals surface area contributed by atoms with E-state index in [9.17, 15) is 14.9 Å². The number of aryl methyl sites for hydroxylation is 1. The summed E-state index contributed by atoms with van der Waals surface area (Å²) < 4.78 is 1.78. The van der Waals surface area contributed by atoms with Crippen molar-refractivity contribution in [3.63, 3.8) is 0 Å². The lowest BCUT2D eigenvalue weighted by molar-refractivity contribution is -0.384. The number of benzene rings is 1. The number of nitrogens with zero attached hydrogens (tertiary/aromatic N) is 4. The van der Waals surface area contributed by atoms with Crippen LogP contribution < -0.4 is 5.32 Å². The van der Waals surface area contributed by atoms with E-state index in [1.54, 1.807) is 28.2 Å². The van der Waals surface area contributed by atoms with Crippen LogP contribution >= 0.6 is 11.3 Å². The van der Waals surface area contributed by atoms with Gasteiger partial charge in [0, 0.05) is 40.3 Å². The minimum atomic E-state index is -0.433. The lowest BCUT2D eigenvalue weighted by Crippen LogP contribution is -2.36. The van der Waals surface area contributed by atoms with Gasteiger partial charge in [0.15, 0.2) is 11.6 Å². The Morgan fingerprint density at radius 1 is 1.23 bits per heavy atom. The number of thiophene rings is 1. The fourth-order valence-electron chi connectivity index (χ4n) is 4.37. The molecule has 5 rings (SSSR count). The standard InChI is InChI=1S/C22H21N5O3S/c1-12-8-9-31-19(12)18-17-15(10-22(2,3)11-16(17)28)23-21-24-20(25-26(18)21)13-4-6-14(7-5-13)27(29)30/h4-9,18H,10-11H2,1-3H3,(H,23,24,25). The monoisotopic (exact) mass is 435 g/mol. The third kappa shape index (κ3) is 3.25. The number of ketones is 1. The number of nitrogens with one attached hydrogen (secondary N) is 1. The Labute approximate surface area is 182 Å². The molecule has 1 atom stereocenters. The van der Waals surface area contributed by atoms with Crippen molar-refractivity contribution < 1.29 is 9.72 Å². The van der Waals surface area contributed by atoms with Crippen molar-refractivity contribution in [3.8, 4) is 11.4 Å². The predicted octanol–water partition coefficient (Wildman–Crippen LogP) is 4.88. The van der Waals surface area contributed by atoms with Crippen molar-refractivity contribution in [2.75, 3.05) is 5.32 Å². The smallest absolute Gasteiger partial charge is 0.269 e. The molecule has 2 aromatic heterocycles. The molecule has 0 amide bonds. The number of fused-ring (bicyclic) bond motifs is 1. The second-order valence-corrected chi connectivity index (χ2v) is 9.78. The molecule has 1 aliphatic carbocycles. The third-order valence-corrected chi connectivity index (χ3v) is 6.89. The zero-order chi connectivity index (χ0) is 21.9. The van der Waals surface area contributed by atoms with Crippen LogP contribution in [0.1, 0.15) is 43.2 Å². The molecule has 1 unspecified atom stereocenters. The van der Waals surface area contributed by atoms with Gasteiger partial charge in [-0.1, -0.05) is 13.8 Å². The van der Waals surface area contributed by atoms with Crippen molar-refractivity contribution in [2.45, 2.75) is 39.7 Å². The van der Waals surface area contributed by atoms with Gasteiger partial charge >= 0.3 is 0 Å². The number of carbonyl (C=O) groups is 1. The van der Waals surface area contributed by atoms with Gasteiger partial charge in [-0.05, 0) is 47.9 Å². The molecule has 0 radical (unpaired) electrons. The Bertz CT molecular complexity index is 1250. The maximum Gasteiger partial charge on any atom is 0.269 e. The lowest BCUT2D eigenvalue weighted by Gasteiger charge is -2.38. The number of nitro groups is 1. The summed E-state index contributed by atoms with van der Waals surface area (Å²) in [5.74, 6) is 1.17. The highest BCUT2D eigenvalue weighted by molar-refractivity contribution is 7.10. The number of aromatic nitrogens is 3. The second kappa shape index (κ2) is 6.84. The maximum absolute atomic E-state index is 13.2. The largest absolute Gasteiger partial charge is 0.328 e. The van der Waals surface area contributed by atoms with Crippen molar-refractivity contribution in [3.05, 3.63) is 67.5 Å². The van der Waals surface area contributed by atoms with Crippen LogP contribution in [-0.2, 0) is 4.79 Å². The zero-order valence-corrected chi connectivity index (χ0v) is 18.2. The Kier molecular flexibility index (Phi) is 4.33. The number of Topliss-reactive ketones (excluding diaryl/α,β-unsaturated/α-hetero) is 1. The molecule has 0 fully saturated rings. The van der Waals surface area contributed by atoms with Crippen LogP contribution in [0.3, 0.4) is 0 Å². The number of anilines is 1. The number of allylic oxidation sites excluding steroid dienone is 2. The molecule has 8 nitrogen and oxygen atoms in total. The Hall–Kier alpha value is -3.33. The van der Waals surface area contributed by atoms with Crippen molar-refractivity contribution in [1.82, 2.24) is 14.8 Å². The van der Waals surface area contributed by atoms with Crippen molar-refractivity contribution in [1.29, 1.82) is 0 Å².